The molecule has 1 aliphatic rings. The summed E-state index contributed by atoms with van der Waals surface area (Å²) in [6.07, 6.45) is 7.04. The Hall–Kier alpha value is -3.20. The first-order chi connectivity index (χ1) is 14.6. The molecule has 2 heterocycles. The van der Waals surface area contributed by atoms with E-state index < -0.39 is 5.91 Å². The number of ether oxygens (including phenoxy) is 2. The Bertz CT molecular complexity index is 1180. The Morgan fingerprint density at radius 3 is 2.93 bits per heavy atom. The molecule has 0 atom stereocenters. The minimum atomic E-state index is -0.411. The van der Waals surface area contributed by atoms with Crippen LogP contribution >= 0.6 is 11.3 Å². The summed E-state index contributed by atoms with van der Waals surface area (Å²) in [5.74, 6) is 0.817. The van der Waals surface area contributed by atoms with Crippen LogP contribution in [0.15, 0.2) is 34.4 Å². The zero-order chi connectivity index (χ0) is 21.1. The maximum absolute atomic E-state index is 12.9. The van der Waals surface area contributed by atoms with Crippen molar-refractivity contribution in [2.45, 2.75) is 32.2 Å². The number of methoxy groups -OCH3 is 2. The predicted molar refractivity (Wildman–Crippen MR) is 116 cm³/mol. The van der Waals surface area contributed by atoms with Gasteiger partial charge in [-0.15, -0.1) is 11.3 Å². The molecule has 4 rings (SSSR count). The highest BCUT2D eigenvalue weighted by atomic mass is 32.1. The van der Waals surface area contributed by atoms with Gasteiger partial charge in [0.15, 0.2) is 0 Å². The largest absolute Gasteiger partial charge is 0.497 e. The Morgan fingerprint density at radius 1 is 1.30 bits per heavy atom. The molecule has 9 heteroatoms. The molecule has 0 radical (unpaired) electrons. The number of thiophene rings is 1. The molecular weight excluding hydrogens is 404 g/mol. The van der Waals surface area contributed by atoms with E-state index in [2.05, 4.69) is 15.5 Å². The standard InChI is InChI=1S/C21H22N4O4S/c1-28-14-8-7-13(16(9-14)29-2)10-23-24-18(26)11-25-12-22-20-19(21(25)27)15-5-3-4-6-17(15)30-20/h7-10,12H,3-6,11H2,1-2H3,(H,24,26). The second kappa shape index (κ2) is 8.66. The van der Waals surface area contributed by atoms with Gasteiger partial charge in [0.05, 0.1) is 32.1 Å². The first-order valence-corrected chi connectivity index (χ1v) is 10.5. The highest BCUT2D eigenvalue weighted by Crippen LogP contribution is 2.33. The topological polar surface area (TPSA) is 94.8 Å². The summed E-state index contributed by atoms with van der Waals surface area (Å²) < 4.78 is 11.8. The Labute approximate surface area is 177 Å². The molecule has 30 heavy (non-hydrogen) atoms. The summed E-state index contributed by atoms with van der Waals surface area (Å²) in [7, 11) is 3.12. The Kier molecular flexibility index (Phi) is 5.80. The molecule has 0 fully saturated rings. The lowest BCUT2D eigenvalue weighted by Gasteiger charge is -2.10. The Morgan fingerprint density at radius 2 is 2.13 bits per heavy atom. The summed E-state index contributed by atoms with van der Waals surface area (Å²) in [6, 6.07) is 5.27. The molecule has 3 aromatic rings. The quantitative estimate of drug-likeness (QED) is 0.483. The van der Waals surface area contributed by atoms with Crippen LogP contribution in [0.2, 0.25) is 0 Å². The molecule has 0 saturated heterocycles. The van der Waals surface area contributed by atoms with Crippen LogP contribution in [-0.2, 0) is 24.2 Å². The van der Waals surface area contributed by atoms with Gasteiger partial charge >= 0.3 is 0 Å². The average molecular weight is 426 g/mol. The summed E-state index contributed by atoms with van der Waals surface area (Å²) >= 11 is 1.59. The van der Waals surface area contributed by atoms with E-state index in [4.69, 9.17) is 9.47 Å². The van der Waals surface area contributed by atoms with Crippen molar-refractivity contribution in [2.24, 2.45) is 5.10 Å². The van der Waals surface area contributed by atoms with Gasteiger partial charge in [0.2, 0.25) is 0 Å². The number of aromatic nitrogens is 2. The third kappa shape index (κ3) is 3.93. The number of fused-ring (bicyclic) bond motifs is 3. The van der Waals surface area contributed by atoms with Gasteiger partial charge < -0.3 is 9.47 Å². The number of carbonyl (C=O) groups is 1. The minimum Gasteiger partial charge on any atom is -0.497 e. The van der Waals surface area contributed by atoms with Crippen molar-refractivity contribution in [2.75, 3.05) is 14.2 Å². The molecule has 1 aromatic carbocycles. The first-order valence-electron chi connectivity index (χ1n) is 9.64. The van der Waals surface area contributed by atoms with Crippen molar-refractivity contribution in [1.82, 2.24) is 15.0 Å². The second-order valence-electron chi connectivity index (χ2n) is 6.97. The number of benzene rings is 1. The van der Waals surface area contributed by atoms with E-state index >= 15 is 0 Å². The van der Waals surface area contributed by atoms with E-state index in [1.54, 1.807) is 43.8 Å². The smallest absolute Gasteiger partial charge is 0.262 e. The average Bonchev–Trinajstić information content (AvgIpc) is 3.15. The fourth-order valence-corrected chi connectivity index (χ4v) is 4.80. The summed E-state index contributed by atoms with van der Waals surface area (Å²) in [4.78, 5) is 31.6. The van der Waals surface area contributed by atoms with Gasteiger partial charge in [-0.1, -0.05) is 0 Å². The fourth-order valence-electron chi connectivity index (χ4n) is 3.58. The van der Waals surface area contributed by atoms with E-state index in [0.29, 0.717) is 22.4 Å². The molecule has 1 N–H and O–H groups in total. The molecular formula is C21H22N4O4S. The van der Waals surface area contributed by atoms with Gasteiger partial charge in [-0.2, -0.15) is 5.10 Å². The van der Waals surface area contributed by atoms with E-state index in [9.17, 15) is 9.59 Å². The number of nitrogens with zero attached hydrogens (tertiary/aromatic N) is 3. The zero-order valence-electron chi connectivity index (χ0n) is 16.8. The van der Waals surface area contributed by atoms with Crippen molar-refractivity contribution in [3.05, 3.63) is 50.9 Å². The summed E-state index contributed by atoms with van der Waals surface area (Å²) in [5, 5.41) is 4.64. The molecule has 2 aromatic heterocycles. The van der Waals surface area contributed by atoms with E-state index in [1.807, 2.05) is 0 Å². The van der Waals surface area contributed by atoms with Crippen molar-refractivity contribution in [3.63, 3.8) is 0 Å². The van der Waals surface area contributed by atoms with Gasteiger partial charge in [0.25, 0.3) is 11.5 Å². The lowest BCUT2D eigenvalue weighted by atomic mass is 9.97. The highest BCUT2D eigenvalue weighted by Gasteiger charge is 2.20. The third-order valence-corrected chi connectivity index (χ3v) is 6.29. The maximum atomic E-state index is 12.9. The van der Waals surface area contributed by atoms with Crippen LogP contribution in [0.4, 0.5) is 0 Å². The number of aryl methyl sites for hydroxylation is 2. The number of hydrogen-bond donors (Lipinski definition) is 1. The van der Waals surface area contributed by atoms with Gasteiger partial charge in [0.1, 0.15) is 22.9 Å². The van der Waals surface area contributed by atoms with Crippen molar-refractivity contribution in [3.8, 4) is 11.5 Å². The first kappa shape index (κ1) is 20.1. The number of hydrazone groups is 1. The number of carbonyl (C=O) groups excluding carboxylic acids is 1. The number of hydrogen-bond acceptors (Lipinski definition) is 7. The van der Waals surface area contributed by atoms with E-state index in [1.165, 1.54) is 22.0 Å². The molecule has 8 nitrogen and oxygen atoms in total. The predicted octanol–water partition coefficient (Wildman–Crippen LogP) is 2.50. The van der Waals surface area contributed by atoms with E-state index in [-0.39, 0.29) is 12.1 Å². The van der Waals surface area contributed by atoms with Crippen LogP contribution < -0.4 is 20.5 Å². The SMILES string of the molecule is COc1ccc(C=NNC(=O)Cn2cnc3sc4c(c3c2=O)CCCC4)c(OC)c1. The second-order valence-corrected chi connectivity index (χ2v) is 8.05. The molecule has 1 amide bonds. The Balaban J connectivity index is 1.48. The van der Waals surface area contributed by atoms with Crippen LogP contribution in [0.5, 0.6) is 11.5 Å². The van der Waals surface area contributed by atoms with Gasteiger partial charge in [-0.05, 0) is 43.4 Å². The lowest BCUT2D eigenvalue weighted by Crippen LogP contribution is -2.30. The van der Waals surface area contributed by atoms with Crippen LogP contribution in [0.25, 0.3) is 10.2 Å². The van der Waals surface area contributed by atoms with Gasteiger partial charge in [0, 0.05) is 16.5 Å². The van der Waals surface area contributed by atoms with Crippen LogP contribution in [0, 0.1) is 0 Å². The maximum Gasteiger partial charge on any atom is 0.262 e. The van der Waals surface area contributed by atoms with Crippen molar-refractivity contribution < 1.29 is 14.3 Å². The lowest BCUT2D eigenvalue weighted by molar-refractivity contribution is -0.121. The molecule has 1 aliphatic carbocycles. The number of nitrogens with one attached hydrogen (secondary N) is 1. The van der Waals surface area contributed by atoms with Gasteiger partial charge in [-0.25, -0.2) is 10.4 Å². The highest BCUT2D eigenvalue weighted by molar-refractivity contribution is 7.18. The normalized spacial score (nSPS) is 13.4. The third-order valence-electron chi connectivity index (χ3n) is 5.09. The number of rotatable bonds is 6. The van der Waals surface area contributed by atoms with Crippen LogP contribution in [0.3, 0.4) is 0 Å². The summed E-state index contributed by atoms with van der Waals surface area (Å²) in [5.41, 5.74) is 4.07. The van der Waals surface area contributed by atoms with Gasteiger partial charge in [-0.3, -0.25) is 14.2 Å². The molecule has 0 aliphatic heterocycles. The molecule has 0 spiro atoms. The van der Waals surface area contributed by atoms with Crippen molar-refractivity contribution in [1.29, 1.82) is 0 Å². The zero-order valence-corrected chi connectivity index (χ0v) is 17.6. The van der Waals surface area contributed by atoms with E-state index in [0.717, 1.165) is 36.1 Å². The molecule has 0 saturated carbocycles. The monoisotopic (exact) mass is 426 g/mol. The molecule has 0 unspecified atom stereocenters. The van der Waals surface area contributed by atoms with Crippen molar-refractivity contribution >= 4 is 33.7 Å². The summed E-state index contributed by atoms with van der Waals surface area (Å²) in [6.45, 7) is -0.149. The minimum absolute atomic E-state index is 0.149. The molecule has 0 bridgehead atoms. The van der Waals surface area contributed by atoms with Crippen LogP contribution in [0.1, 0.15) is 28.8 Å². The number of amides is 1. The fraction of sp³-hybridized carbons (Fsp3) is 0.333. The van der Waals surface area contributed by atoms with Crippen LogP contribution in [-0.4, -0.2) is 35.9 Å². The molecule has 156 valence electrons.